The van der Waals surface area contributed by atoms with E-state index in [1.54, 1.807) is 0 Å². The maximum absolute atomic E-state index is 3.68. The number of nitrogens with one attached hydrogen (secondary N) is 1. The number of hydrogen-bond acceptors (Lipinski definition) is 2. The molecule has 0 aliphatic heterocycles. The minimum absolute atomic E-state index is 0.120. The summed E-state index contributed by atoms with van der Waals surface area (Å²) in [7, 11) is 4.35. The first kappa shape index (κ1) is 17.2. The molecule has 0 bridgehead atoms. The highest BCUT2D eigenvalue weighted by atomic mass is 15.2. The summed E-state index contributed by atoms with van der Waals surface area (Å²) in [5.41, 5.74) is 2.91. The molecule has 2 atom stereocenters. The Morgan fingerprint density at radius 1 is 1.05 bits per heavy atom. The Morgan fingerprint density at radius 2 is 1.55 bits per heavy atom. The van der Waals surface area contributed by atoms with Gasteiger partial charge in [-0.25, -0.2) is 0 Å². The molecule has 2 heteroatoms. The van der Waals surface area contributed by atoms with Crippen molar-refractivity contribution in [2.45, 2.75) is 58.5 Å². The molecule has 0 fully saturated rings. The molecule has 0 saturated carbocycles. The first-order valence-corrected chi connectivity index (χ1v) is 7.87. The van der Waals surface area contributed by atoms with Gasteiger partial charge < -0.3 is 10.2 Å². The van der Waals surface area contributed by atoms with Crippen LogP contribution in [0, 0.1) is 0 Å². The molecular formula is C18H32N2. The fraction of sp³-hybridized carbons (Fsp3) is 0.667. The third-order valence-electron chi connectivity index (χ3n) is 4.70. The summed E-state index contributed by atoms with van der Waals surface area (Å²) in [5, 5.41) is 3.68. The van der Waals surface area contributed by atoms with Gasteiger partial charge in [0.05, 0.1) is 6.04 Å². The van der Waals surface area contributed by atoms with Crippen LogP contribution >= 0.6 is 0 Å². The Hall–Kier alpha value is -0.860. The van der Waals surface area contributed by atoms with Crippen molar-refractivity contribution >= 4 is 0 Å². The maximum atomic E-state index is 3.68. The molecule has 1 N–H and O–H groups in total. The number of nitrogens with zero attached hydrogens (tertiary/aromatic N) is 1. The molecule has 0 saturated heterocycles. The molecule has 0 heterocycles. The maximum Gasteiger partial charge on any atom is 0.0504 e. The molecule has 1 aromatic carbocycles. The molecule has 0 spiro atoms. The molecule has 114 valence electrons. The molecule has 0 radical (unpaired) electrons. The van der Waals surface area contributed by atoms with Gasteiger partial charge in [0.25, 0.3) is 0 Å². The van der Waals surface area contributed by atoms with Crippen LogP contribution in [0.15, 0.2) is 24.3 Å². The van der Waals surface area contributed by atoms with Crippen molar-refractivity contribution in [1.29, 1.82) is 0 Å². The average Bonchev–Trinajstić information content (AvgIpc) is 2.43. The standard InChI is InChI=1S/C18H32N2/c1-8-18(5,20(6)7)17(19-9-2)16-12-10-15(11-13-16)14(3)4/h10-14,17,19H,8-9H2,1-7H3. The van der Waals surface area contributed by atoms with E-state index >= 15 is 0 Å². The van der Waals surface area contributed by atoms with Crippen LogP contribution in [0.5, 0.6) is 0 Å². The normalized spacial score (nSPS) is 16.4. The fourth-order valence-corrected chi connectivity index (χ4v) is 2.75. The molecule has 1 rings (SSSR count). The largest absolute Gasteiger partial charge is 0.309 e. The van der Waals surface area contributed by atoms with Crippen LogP contribution in [0.25, 0.3) is 0 Å². The van der Waals surface area contributed by atoms with Crippen LogP contribution in [0.2, 0.25) is 0 Å². The van der Waals surface area contributed by atoms with Crippen molar-refractivity contribution in [3.8, 4) is 0 Å². The Kier molecular flexibility index (Phi) is 6.22. The Balaban J connectivity index is 3.13. The minimum Gasteiger partial charge on any atom is -0.309 e. The quantitative estimate of drug-likeness (QED) is 0.803. The first-order valence-electron chi connectivity index (χ1n) is 7.87. The second-order valence-corrected chi connectivity index (χ2v) is 6.42. The summed E-state index contributed by atoms with van der Waals surface area (Å²) in [6.45, 7) is 12.3. The van der Waals surface area contributed by atoms with Gasteiger partial charge in [-0.2, -0.15) is 0 Å². The van der Waals surface area contributed by atoms with Crippen LogP contribution in [0.4, 0.5) is 0 Å². The molecular weight excluding hydrogens is 244 g/mol. The first-order chi connectivity index (χ1) is 9.36. The lowest BCUT2D eigenvalue weighted by Gasteiger charge is -2.43. The predicted octanol–water partition coefficient (Wildman–Crippen LogP) is 4.19. The van der Waals surface area contributed by atoms with Crippen molar-refractivity contribution in [3.63, 3.8) is 0 Å². The van der Waals surface area contributed by atoms with Crippen LogP contribution < -0.4 is 5.32 Å². The zero-order valence-corrected chi connectivity index (χ0v) is 14.3. The zero-order chi connectivity index (χ0) is 15.3. The van der Waals surface area contributed by atoms with Crippen LogP contribution in [0.3, 0.4) is 0 Å². The second-order valence-electron chi connectivity index (χ2n) is 6.42. The highest BCUT2D eigenvalue weighted by Gasteiger charge is 2.35. The van der Waals surface area contributed by atoms with E-state index in [0.29, 0.717) is 12.0 Å². The monoisotopic (exact) mass is 276 g/mol. The summed E-state index contributed by atoms with van der Waals surface area (Å²) >= 11 is 0. The number of rotatable bonds is 7. The van der Waals surface area contributed by atoms with Crippen LogP contribution in [0.1, 0.15) is 64.1 Å². The van der Waals surface area contributed by atoms with Gasteiger partial charge in [0.1, 0.15) is 0 Å². The molecule has 20 heavy (non-hydrogen) atoms. The summed E-state index contributed by atoms with van der Waals surface area (Å²) in [6, 6.07) is 9.49. The van der Waals surface area contributed by atoms with Crippen LogP contribution in [-0.4, -0.2) is 31.1 Å². The Morgan fingerprint density at radius 3 is 1.90 bits per heavy atom. The Labute approximate surface area is 125 Å². The highest BCUT2D eigenvalue weighted by Crippen LogP contribution is 2.33. The van der Waals surface area contributed by atoms with Crippen LogP contribution in [-0.2, 0) is 0 Å². The molecule has 0 aromatic heterocycles. The third-order valence-corrected chi connectivity index (χ3v) is 4.70. The van der Waals surface area contributed by atoms with E-state index in [1.807, 2.05) is 0 Å². The van der Waals surface area contributed by atoms with Gasteiger partial charge in [-0.15, -0.1) is 0 Å². The third kappa shape index (κ3) is 3.62. The van der Waals surface area contributed by atoms with Gasteiger partial charge in [-0.1, -0.05) is 52.0 Å². The average molecular weight is 276 g/mol. The van der Waals surface area contributed by atoms with E-state index in [9.17, 15) is 0 Å². The number of likely N-dealkylation sites (N-methyl/N-ethyl adjacent to an activating group) is 2. The minimum atomic E-state index is 0.120. The lowest BCUT2D eigenvalue weighted by Crippen LogP contribution is -2.51. The van der Waals surface area contributed by atoms with E-state index in [-0.39, 0.29) is 5.54 Å². The smallest absolute Gasteiger partial charge is 0.0504 e. The van der Waals surface area contributed by atoms with Crippen molar-refractivity contribution in [2.24, 2.45) is 0 Å². The fourth-order valence-electron chi connectivity index (χ4n) is 2.75. The van der Waals surface area contributed by atoms with Crippen molar-refractivity contribution in [2.75, 3.05) is 20.6 Å². The van der Waals surface area contributed by atoms with E-state index in [1.165, 1.54) is 11.1 Å². The number of hydrogen-bond donors (Lipinski definition) is 1. The van der Waals surface area contributed by atoms with Gasteiger partial charge in [0, 0.05) is 5.54 Å². The van der Waals surface area contributed by atoms with Crippen molar-refractivity contribution in [3.05, 3.63) is 35.4 Å². The predicted molar refractivity (Wildman–Crippen MR) is 89.3 cm³/mol. The van der Waals surface area contributed by atoms with E-state index in [0.717, 1.165) is 13.0 Å². The number of benzene rings is 1. The molecule has 0 aliphatic rings. The van der Waals surface area contributed by atoms with Crippen molar-refractivity contribution < 1.29 is 0 Å². The van der Waals surface area contributed by atoms with Gasteiger partial charge in [-0.05, 0) is 51.0 Å². The lowest BCUT2D eigenvalue weighted by atomic mass is 9.83. The van der Waals surface area contributed by atoms with Gasteiger partial charge in [-0.3, -0.25) is 0 Å². The molecule has 0 aliphatic carbocycles. The molecule has 0 amide bonds. The summed E-state index contributed by atoms with van der Waals surface area (Å²) in [4.78, 5) is 2.34. The van der Waals surface area contributed by atoms with Gasteiger partial charge >= 0.3 is 0 Å². The molecule has 2 nitrogen and oxygen atoms in total. The topological polar surface area (TPSA) is 15.3 Å². The zero-order valence-electron chi connectivity index (χ0n) is 14.3. The lowest BCUT2D eigenvalue weighted by molar-refractivity contribution is 0.113. The SMILES string of the molecule is CCNC(c1ccc(C(C)C)cc1)C(C)(CC)N(C)C. The van der Waals surface area contributed by atoms with Gasteiger partial charge in [0.2, 0.25) is 0 Å². The van der Waals surface area contributed by atoms with E-state index in [4.69, 9.17) is 0 Å². The highest BCUT2D eigenvalue weighted by molar-refractivity contribution is 5.29. The summed E-state index contributed by atoms with van der Waals surface area (Å²) < 4.78 is 0. The Bertz CT molecular complexity index is 394. The molecule has 1 aromatic rings. The molecule has 2 unspecified atom stereocenters. The van der Waals surface area contributed by atoms with Gasteiger partial charge in [0.15, 0.2) is 0 Å². The summed E-state index contributed by atoms with van der Waals surface area (Å²) in [6.07, 6.45) is 1.11. The second kappa shape index (κ2) is 7.24. The van der Waals surface area contributed by atoms with E-state index in [2.05, 4.69) is 83.2 Å². The summed E-state index contributed by atoms with van der Waals surface area (Å²) in [5.74, 6) is 0.591. The van der Waals surface area contributed by atoms with Crippen molar-refractivity contribution in [1.82, 2.24) is 10.2 Å². The van der Waals surface area contributed by atoms with E-state index < -0.39 is 0 Å².